The van der Waals surface area contributed by atoms with Crippen LogP contribution >= 0.6 is 11.3 Å². The van der Waals surface area contributed by atoms with E-state index in [0.29, 0.717) is 6.10 Å². The average Bonchev–Trinajstić information content (AvgIpc) is 3.09. The van der Waals surface area contributed by atoms with Crippen LogP contribution in [0, 0.1) is 6.92 Å². The molecule has 3 heteroatoms. The van der Waals surface area contributed by atoms with Gasteiger partial charge in [0.15, 0.2) is 0 Å². The summed E-state index contributed by atoms with van der Waals surface area (Å²) in [5.74, 6) is 0.955. The Bertz CT molecular complexity index is 528. The summed E-state index contributed by atoms with van der Waals surface area (Å²) in [7, 11) is 0. The first-order chi connectivity index (χ1) is 8.74. The Morgan fingerprint density at radius 2 is 1.94 bits per heavy atom. The summed E-state index contributed by atoms with van der Waals surface area (Å²) in [4.78, 5) is 1.24. The summed E-state index contributed by atoms with van der Waals surface area (Å²) in [6.45, 7) is 2.11. The van der Waals surface area contributed by atoms with Crippen LogP contribution in [0.5, 0.6) is 5.75 Å². The smallest absolute Gasteiger partial charge is 0.119 e. The van der Waals surface area contributed by atoms with E-state index < -0.39 is 0 Å². The number of hydrogen-bond acceptors (Lipinski definition) is 3. The lowest BCUT2D eigenvalue weighted by Crippen LogP contribution is -2.11. The Balaban J connectivity index is 1.77. The highest BCUT2D eigenvalue weighted by atomic mass is 32.1. The molecular weight excluding hydrogens is 242 g/mol. The van der Waals surface area contributed by atoms with Gasteiger partial charge in [-0.1, -0.05) is 12.1 Å². The Hall–Kier alpha value is -1.32. The first-order valence-corrected chi connectivity index (χ1v) is 7.18. The Morgan fingerprint density at radius 3 is 2.50 bits per heavy atom. The lowest BCUT2D eigenvalue weighted by molar-refractivity contribution is 0.303. The highest BCUT2D eigenvalue weighted by Gasteiger charge is 2.23. The zero-order valence-corrected chi connectivity index (χ0v) is 11.2. The molecule has 1 atom stereocenters. The molecular formula is C15H17NOS. The number of nitrogens with two attached hydrogens (primary N) is 1. The van der Waals surface area contributed by atoms with Gasteiger partial charge in [0, 0.05) is 4.88 Å². The van der Waals surface area contributed by atoms with Crippen molar-refractivity contribution >= 4 is 11.3 Å². The van der Waals surface area contributed by atoms with Crippen LogP contribution in [0.1, 0.15) is 34.9 Å². The maximum absolute atomic E-state index is 6.29. The number of rotatable bonds is 4. The summed E-state index contributed by atoms with van der Waals surface area (Å²) in [5.41, 5.74) is 8.71. The minimum Gasteiger partial charge on any atom is -0.490 e. The zero-order valence-electron chi connectivity index (χ0n) is 10.4. The molecule has 18 heavy (non-hydrogen) atoms. The van der Waals surface area contributed by atoms with Crippen LogP contribution < -0.4 is 10.5 Å². The Labute approximate surface area is 111 Å². The number of hydrogen-bond donors (Lipinski definition) is 1. The third-order valence-corrected chi connectivity index (χ3v) is 4.35. The molecule has 1 aromatic carbocycles. The standard InChI is InChI=1S/C15H17NOS/c1-10-8-9-18-15(10)14(16)11-2-4-12(5-3-11)17-13-6-7-13/h2-5,8-9,13-14H,6-7,16H2,1H3. The third kappa shape index (κ3) is 2.42. The van der Waals surface area contributed by atoms with Crippen molar-refractivity contribution in [1.82, 2.24) is 0 Å². The number of thiophene rings is 1. The summed E-state index contributed by atoms with van der Waals surface area (Å²) in [6, 6.07) is 10.3. The van der Waals surface area contributed by atoms with Crippen molar-refractivity contribution in [3.8, 4) is 5.75 Å². The van der Waals surface area contributed by atoms with Gasteiger partial charge in [-0.25, -0.2) is 0 Å². The maximum atomic E-state index is 6.29. The van der Waals surface area contributed by atoms with Crippen molar-refractivity contribution < 1.29 is 4.74 Å². The zero-order chi connectivity index (χ0) is 12.5. The quantitative estimate of drug-likeness (QED) is 0.909. The Morgan fingerprint density at radius 1 is 1.22 bits per heavy atom. The van der Waals surface area contributed by atoms with Gasteiger partial charge in [0.05, 0.1) is 12.1 Å². The number of benzene rings is 1. The number of ether oxygens (including phenoxy) is 1. The molecule has 0 aliphatic heterocycles. The molecule has 0 radical (unpaired) electrons. The highest BCUT2D eigenvalue weighted by molar-refractivity contribution is 7.10. The van der Waals surface area contributed by atoms with Gasteiger partial charge in [0.1, 0.15) is 5.75 Å². The van der Waals surface area contributed by atoms with Gasteiger partial charge < -0.3 is 10.5 Å². The molecule has 2 aromatic rings. The van der Waals surface area contributed by atoms with Crippen LogP contribution in [0.2, 0.25) is 0 Å². The molecule has 1 aliphatic rings. The van der Waals surface area contributed by atoms with E-state index in [4.69, 9.17) is 10.5 Å². The molecule has 1 heterocycles. The normalized spacial score (nSPS) is 16.6. The molecule has 3 rings (SSSR count). The van der Waals surface area contributed by atoms with Crippen molar-refractivity contribution in [2.75, 3.05) is 0 Å². The second kappa shape index (κ2) is 4.75. The fourth-order valence-electron chi connectivity index (χ4n) is 1.99. The molecule has 1 aromatic heterocycles. The lowest BCUT2D eigenvalue weighted by Gasteiger charge is -2.12. The lowest BCUT2D eigenvalue weighted by atomic mass is 10.0. The van der Waals surface area contributed by atoms with Crippen molar-refractivity contribution in [1.29, 1.82) is 0 Å². The molecule has 2 nitrogen and oxygen atoms in total. The molecule has 0 saturated heterocycles. The van der Waals surface area contributed by atoms with Crippen LogP contribution in [0.25, 0.3) is 0 Å². The van der Waals surface area contributed by atoms with Crippen molar-refractivity contribution in [2.24, 2.45) is 5.73 Å². The molecule has 94 valence electrons. The molecule has 1 saturated carbocycles. The van der Waals surface area contributed by atoms with Crippen LogP contribution in [0.4, 0.5) is 0 Å². The second-order valence-corrected chi connectivity index (χ2v) is 5.78. The first-order valence-electron chi connectivity index (χ1n) is 6.30. The monoisotopic (exact) mass is 259 g/mol. The predicted molar refractivity (Wildman–Crippen MR) is 75.2 cm³/mol. The van der Waals surface area contributed by atoms with Crippen LogP contribution in [0.15, 0.2) is 35.7 Å². The second-order valence-electron chi connectivity index (χ2n) is 4.83. The van der Waals surface area contributed by atoms with Gasteiger partial charge >= 0.3 is 0 Å². The average molecular weight is 259 g/mol. The van der Waals surface area contributed by atoms with Gasteiger partial charge in [-0.2, -0.15) is 0 Å². The van der Waals surface area contributed by atoms with Crippen LogP contribution in [0.3, 0.4) is 0 Å². The fourth-order valence-corrected chi connectivity index (χ4v) is 2.94. The molecule has 2 N–H and O–H groups in total. The van der Waals surface area contributed by atoms with E-state index in [1.165, 1.54) is 23.3 Å². The van der Waals surface area contributed by atoms with Crippen molar-refractivity contribution in [3.05, 3.63) is 51.7 Å². The van der Waals surface area contributed by atoms with E-state index in [0.717, 1.165) is 11.3 Å². The predicted octanol–water partition coefficient (Wildman–Crippen LogP) is 3.65. The van der Waals surface area contributed by atoms with Gasteiger partial charge in [-0.15, -0.1) is 11.3 Å². The summed E-state index contributed by atoms with van der Waals surface area (Å²) < 4.78 is 5.74. The van der Waals surface area contributed by atoms with E-state index in [1.807, 2.05) is 12.1 Å². The topological polar surface area (TPSA) is 35.2 Å². The summed E-state index contributed by atoms with van der Waals surface area (Å²) in [5, 5.41) is 2.09. The van der Waals surface area contributed by atoms with Crippen LogP contribution in [-0.2, 0) is 0 Å². The third-order valence-electron chi connectivity index (χ3n) is 3.25. The molecule has 1 aliphatic carbocycles. The minimum absolute atomic E-state index is 0.0278. The van der Waals surface area contributed by atoms with E-state index in [2.05, 4.69) is 30.5 Å². The molecule has 1 fully saturated rings. The van der Waals surface area contributed by atoms with Gasteiger partial charge in [0.25, 0.3) is 0 Å². The largest absolute Gasteiger partial charge is 0.490 e. The van der Waals surface area contributed by atoms with Crippen molar-refractivity contribution in [3.63, 3.8) is 0 Å². The van der Waals surface area contributed by atoms with E-state index >= 15 is 0 Å². The SMILES string of the molecule is Cc1ccsc1C(N)c1ccc(OC2CC2)cc1. The van der Waals surface area contributed by atoms with Gasteiger partial charge in [-0.05, 0) is 54.5 Å². The molecule has 0 bridgehead atoms. The van der Waals surface area contributed by atoms with E-state index in [-0.39, 0.29) is 6.04 Å². The first kappa shape index (κ1) is 11.8. The highest BCUT2D eigenvalue weighted by Crippen LogP contribution is 2.30. The van der Waals surface area contributed by atoms with Crippen LogP contribution in [-0.4, -0.2) is 6.10 Å². The van der Waals surface area contributed by atoms with Gasteiger partial charge in [0.2, 0.25) is 0 Å². The summed E-state index contributed by atoms with van der Waals surface area (Å²) in [6.07, 6.45) is 2.83. The minimum atomic E-state index is -0.0278. The Kier molecular flexibility index (Phi) is 3.10. The maximum Gasteiger partial charge on any atom is 0.119 e. The summed E-state index contributed by atoms with van der Waals surface area (Å²) >= 11 is 1.72. The fraction of sp³-hybridized carbons (Fsp3) is 0.333. The van der Waals surface area contributed by atoms with Gasteiger partial charge in [-0.3, -0.25) is 0 Å². The van der Waals surface area contributed by atoms with E-state index in [9.17, 15) is 0 Å². The molecule has 1 unspecified atom stereocenters. The van der Waals surface area contributed by atoms with E-state index in [1.54, 1.807) is 11.3 Å². The molecule has 0 spiro atoms. The van der Waals surface area contributed by atoms with Crippen molar-refractivity contribution in [2.45, 2.75) is 31.9 Å². The number of aryl methyl sites for hydroxylation is 1. The molecule has 0 amide bonds.